The number of carbonyl (C=O) groups is 2. The van der Waals surface area contributed by atoms with Crippen molar-refractivity contribution in [2.24, 2.45) is 0 Å². The monoisotopic (exact) mass is 373 g/mol. The van der Waals surface area contributed by atoms with Crippen LogP contribution in [0.15, 0.2) is 22.7 Å². The van der Waals surface area contributed by atoms with Crippen molar-refractivity contribution in [3.8, 4) is 11.5 Å². The van der Waals surface area contributed by atoms with Gasteiger partial charge in [-0.15, -0.1) is 0 Å². The van der Waals surface area contributed by atoms with Crippen LogP contribution in [0.25, 0.3) is 0 Å². The number of methoxy groups -OCH3 is 2. The average molecular weight is 373 g/mol. The molecule has 1 aliphatic rings. The molecule has 1 aromatic carbocycles. The highest BCUT2D eigenvalue weighted by atomic mass is 16.5. The summed E-state index contributed by atoms with van der Waals surface area (Å²) in [4.78, 5) is 28.9. The standard InChI is InChI=1S/C19H23N3O5/c1-12-17(13(2)27-20-12)19(24)22-9-7-21(8-10-22)18(23)14-5-6-15(25-3)16(11-14)26-4/h5-6,11H,7-10H2,1-4H3. The van der Waals surface area contributed by atoms with Gasteiger partial charge in [0.05, 0.1) is 19.9 Å². The molecule has 2 heterocycles. The molecule has 2 amide bonds. The van der Waals surface area contributed by atoms with Gasteiger partial charge in [0.1, 0.15) is 11.3 Å². The van der Waals surface area contributed by atoms with Gasteiger partial charge in [-0.3, -0.25) is 9.59 Å². The molecule has 27 heavy (non-hydrogen) atoms. The summed E-state index contributed by atoms with van der Waals surface area (Å²) in [5, 5.41) is 3.84. The van der Waals surface area contributed by atoms with E-state index >= 15 is 0 Å². The summed E-state index contributed by atoms with van der Waals surface area (Å²) < 4.78 is 15.5. The Kier molecular flexibility index (Phi) is 5.34. The summed E-state index contributed by atoms with van der Waals surface area (Å²) in [5.41, 5.74) is 1.62. The summed E-state index contributed by atoms with van der Waals surface area (Å²) in [5.74, 6) is 1.39. The van der Waals surface area contributed by atoms with Crippen LogP contribution in [0.4, 0.5) is 0 Å². The predicted molar refractivity (Wildman–Crippen MR) is 97.3 cm³/mol. The molecule has 8 nitrogen and oxygen atoms in total. The van der Waals surface area contributed by atoms with Crippen molar-refractivity contribution >= 4 is 11.8 Å². The molecule has 0 aliphatic carbocycles. The van der Waals surface area contributed by atoms with E-state index in [0.717, 1.165) is 0 Å². The second kappa shape index (κ2) is 7.69. The van der Waals surface area contributed by atoms with E-state index in [4.69, 9.17) is 14.0 Å². The van der Waals surface area contributed by atoms with Gasteiger partial charge in [0.15, 0.2) is 11.5 Å². The molecule has 1 fully saturated rings. The lowest BCUT2D eigenvalue weighted by Crippen LogP contribution is -2.50. The van der Waals surface area contributed by atoms with Crippen LogP contribution < -0.4 is 9.47 Å². The number of hydrogen-bond acceptors (Lipinski definition) is 6. The maximum Gasteiger partial charge on any atom is 0.259 e. The van der Waals surface area contributed by atoms with Crippen LogP contribution in [0.5, 0.6) is 11.5 Å². The number of benzene rings is 1. The first kappa shape index (κ1) is 18.8. The van der Waals surface area contributed by atoms with E-state index in [1.165, 1.54) is 7.11 Å². The lowest BCUT2D eigenvalue weighted by Gasteiger charge is -2.34. The third-order valence-electron chi connectivity index (χ3n) is 4.73. The number of nitrogens with zero attached hydrogens (tertiary/aromatic N) is 3. The molecule has 3 rings (SSSR count). The number of piperazine rings is 1. The number of carbonyl (C=O) groups excluding carboxylic acids is 2. The number of ether oxygens (including phenoxy) is 2. The Morgan fingerprint density at radius 2 is 1.56 bits per heavy atom. The Morgan fingerprint density at radius 1 is 0.963 bits per heavy atom. The highest BCUT2D eigenvalue weighted by molar-refractivity contribution is 5.97. The molecule has 0 spiro atoms. The van der Waals surface area contributed by atoms with Crippen molar-refractivity contribution in [3.05, 3.63) is 40.8 Å². The van der Waals surface area contributed by atoms with Crippen molar-refractivity contribution in [3.63, 3.8) is 0 Å². The predicted octanol–water partition coefficient (Wildman–Crippen LogP) is 1.91. The topological polar surface area (TPSA) is 85.1 Å². The Morgan fingerprint density at radius 3 is 2.07 bits per heavy atom. The van der Waals surface area contributed by atoms with Gasteiger partial charge in [-0.25, -0.2) is 0 Å². The number of aryl methyl sites for hydroxylation is 2. The Hall–Kier alpha value is -3.03. The molecule has 144 valence electrons. The van der Waals surface area contributed by atoms with Crippen LogP contribution in [0, 0.1) is 13.8 Å². The van der Waals surface area contributed by atoms with Crippen molar-refractivity contribution in [2.45, 2.75) is 13.8 Å². The van der Waals surface area contributed by atoms with Gasteiger partial charge < -0.3 is 23.8 Å². The second-order valence-corrected chi connectivity index (χ2v) is 6.35. The maximum atomic E-state index is 12.8. The van der Waals surface area contributed by atoms with Gasteiger partial charge >= 0.3 is 0 Å². The van der Waals surface area contributed by atoms with E-state index in [1.807, 2.05) is 0 Å². The zero-order chi connectivity index (χ0) is 19.6. The van der Waals surface area contributed by atoms with E-state index in [0.29, 0.717) is 60.3 Å². The molecule has 0 radical (unpaired) electrons. The third-order valence-corrected chi connectivity index (χ3v) is 4.73. The van der Waals surface area contributed by atoms with Crippen LogP contribution in [-0.2, 0) is 0 Å². The van der Waals surface area contributed by atoms with Crippen molar-refractivity contribution in [1.82, 2.24) is 15.0 Å². The minimum absolute atomic E-state index is 0.0969. The van der Waals surface area contributed by atoms with E-state index in [-0.39, 0.29) is 11.8 Å². The quantitative estimate of drug-likeness (QED) is 0.814. The molecule has 1 aromatic heterocycles. The molecule has 1 aliphatic heterocycles. The fraction of sp³-hybridized carbons (Fsp3) is 0.421. The first-order valence-electron chi connectivity index (χ1n) is 8.69. The van der Waals surface area contributed by atoms with Crippen molar-refractivity contribution in [2.75, 3.05) is 40.4 Å². The average Bonchev–Trinajstić information content (AvgIpc) is 3.04. The minimum atomic E-state index is -0.107. The lowest BCUT2D eigenvalue weighted by molar-refractivity contribution is 0.0534. The number of rotatable bonds is 4. The van der Waals surface area contributed by atoms with Gasteiger partial charge in [0.25, 0.3) is 11.8 Å². The summed E-state index contributed by atoms with van der Waals surface area (Å²) in [6, 6.07) is 5.09. The van der Waals surface area contributed by atoms with E-state index < -0.39 is 0 Å². The number of hydrogen-bond donors (Lipinski definition) is 0. The van der Waals surface area contributed by atoms with Crippen LogP contribution in [0.1, 0.15) is 32.2 Å². The molecular weight excluding hydrogens is 350 g/mol. The van der Waals surface area contributed by atoms with Crippen LogP contribution >= 0.6 is 0 Å². The summed E-state index contributed by atoms with van der Waals surface area (Å²) in [6.45, 7) is 5.32. The second-order valence-electron chi connectivity index (χ2n) is 6.35. The lowest BCUT2D eigenvalue weighted by atomic mass is 10.1. The van der Waals surface area contributed by atoms with Crippen LogP contribution in [0.2, 0.25) is 0 Å². The molecular formula is C19H23N3O5. The highest BCUT2D eigenvalue weighted by Crippen LogP contribution is 2.28. The maximum absolute atomic E-state index is 12.8. The van der Waals surface area contributed by atoms with E-state index in [9.17, 15) is 9.59 Å². The molecule has 1 saturated heterocycles. The molecule has 0 bridgehead atoms. The SMILES string of the molecule is COc1ccc(C(=O)N2CCN(C(=O)c3c(C)noc3C)CC2)cc1OC. The number of amides is 2. The fourth-order valence-corrected chi connectivity index (χ4v) is 3.21. The van der Waals surface area contributed by atoms with Gasteiger partial charge in [0.2, 0.25) is 0 Å². The normalized spacial score (nSPS) is 14.2. The largest absolute Gasteiger partial charge is 0.493 e. The van der Waals surface area contributed by atoms with Gasteiger partial charge in [-0.05, 0) is 32.0 Å². The smallest absolute Gasteiger partial charge is 0.259 e. The Bertz CT molecular complexity index is 834. The first-order chi connectivity index (χ1) is 13.0. The molecule has 8 heteroatoms. The van der Waals surface area contributed by atoms with E-state index in [1.54, 1.807) is 49.0 Å². The molecule has 2 aromatic rings. The van der Waals surface area contributed by atoms with E-state index in [2.05, 4.69) is 5.16 Å². The fourth-order valence-electron chi connectivity index (χ4n) is 3.21. The summed E-state index contributed by atoms with van der Waals surface area (Å²) in [6.07, 6.45) is 0. The van der Waals surface area contributed by atoms with Gasteiger partial charge in [-0.1, -0.05) is 5.16 Å². The molecule has 0 saturated carbocycles. The zero-order valence-electron chi connectivity index (χ0n) is 15.9. The Balaban J connectivity index is 1.67. The summed E-state index contributed by atoms with van der Waals surface area (Å²) >= 11 is 0. The minimum Gasteiger partial charge on any atom is -0.493 e. The number of aromatic nitrogens is 1. The highest BCUT2D eigenvalue weighted by Gasteiger charge is 2.29. The molecule has 0 N–H and O–H groups in total. The third kappa shape index (κ3) is 3.60. The van der Waals surface area contributed by atoms with Gasteiger partial charge in [0, 0.05) is 31.7 Å². The van der Waals surface area contributed by atoms with Crippen LogP contribution in [-0.4, -0.2) is 67.2 Å². The molecule has 0 unspecified atom stereocenters. The van der Waals surface area contributed by atoms with Crippen molar-refractivity contribution in [1.29, 1.82) is 0 Å². The zero-order valence-corrected chi connectivity index (χ0v) is 15.9. The van der Waals surface area contributed by atoms with Gasteiger partial charge in [-0.2, -0.15) is 0 Å². The molecule has 0 atom stereocenters. The van der Waals surface area contributed by atoms with Crippen molar-refractivity contribution < 1.29 is 23.6 Å². The first-order valence-corrected chi connectivity index (χ1v) is 8.69. The van der Waals surface area contributed by atoms with Crippen LogP contribution in [0.3, 0.4) is 0 Å². The summed E-state index contributed by atoms with van der Waals surface area (Å²) in [7, 11) is 3.08. The Labute approximate surface area is 157 Å².